The molecule has 0 saturated heterocycles. The van der Waals surface area contributed by atoms with Gasteiger partial charge < -0.3 is 14.6 Å². The van der Waals surface area contributed by atoms with Gasteiger partial charge in [0.25, 0.3) is 5.91 Å². The summed E-state index contributed by atoms with van der Waals surface area (Å²) in [6.45, 7) is 0.155. The van der Waals surface area contributed by atoms with E-state index in [4.69, 9.17) is 10.00 Å². The second kappa shape index (κ2) is 12.3. The molecule has 0 bridgehead atoms. The van der Waals surface area contributed by atoms with Gasteiger partial charge in [-0.3, -0.25) is 4.79 Å². The standard InChI is InChI=1S/C33H25F3N8O2/c1-39-31(45)28-5-4-27-30(42-28)44(18-33(7-8-33)9-10-37)29(41-27)14-21-13-25(36)22(15-24(21)35)26-6-11-40-32(43-26)46-17-20-3-2-19(16-38)12-23(20)34/h2-6,11-13,15H,7-9,14,17-18H2,1H3,(H,39,45). The highest BCUT2D eigenvalue weighted by molar-refractivity contribution is 5.93. The fraction of sp³-hybridized carbons (Fsp3) is 0.242. The molecular weight excluding hydrogens is 597 g/mol. The van der Waals surface area contributed by atoms with Crippen LogP contribution in [0.25, 0.3) is 22.4 Å². The second-order valence-corrected chi connectivity index (χ2v) is 11.1. The zero-order valence-electron chi connectivity index (χ0n) is 24.5. The number of benzene rings is 2. The molecule has 46 heavy (non-hydrogen) atoms. The van der Waals surface area contributed by atoms with Crippen molar-refractivity contribution < 1.29 is 22.7 Å². The van der Waals surface area contributed by atoms with Gasteiger partial charge >= 0.3 is 6.01 Å². The zero-order chi connectivity index (χ0) is 32.4. The smallest absolute Gasteiger partial charge is 0.317 e. The lowest BCUT2D eigenvalue weighted by molar-refractivity contribution is 0.0958. The van der Waals surface area contributed by atoms with Gasteiger partial charge in [-0.1, -0.05) is 6.07 Å². The topological polar surface area (TPSA) is 142 Å². The number of nitrogens with zero attached hydrogens (tertiary/aromatic N) is 7. The van der Waals surface area contributed by atoms with Crippen molar-refractivity contribution in [3.8, 4) is 29.4 Å². The van der Waals surface area contributed by atoms with E-state index in [1.807, 2.05) is 6.07 Å². The van der Waals surface area contributed by atoms with Gasteiger partial charge in [-0.2, -0.15) is 15.5 Å². The molecule has 1 N–H and O–H groups in total. The predicted molar refractivity (Wildman–Crippen MR) is 158 cm³/mol. The highest BCUT2D eigenvalue weighted by atomic mass is 19.1. The average Bonchev–Trinajstić information content (AvgIpc) is 3.74. The molecule has 3 aromatic heterocycles. The van der Waals surface area contributed by atoms with Crippen LogP contribution < -0.4 is 10.1 Å². The number of fused-ring (bicyclic) bond motifs is 1. The van der Waals surface area contributed by atoms with Gasteiger partial charge in [0, 0.05) is 49.2 Å². The summed E-state index contributed by atoms with van der Waals surface area (Å²) >= 11 is 0. The Balaban J connectivity index is 1.28. The van der Waals surface area contributed by atoms with Crippen molar-refractivity contribution in [3.63, 3.8) is 0 Å². The molecule has 10 nitrogen and oxygen atoms in total. The summed E-state index contributed by atoms with van der Waals surface area (Å²) in [5, 5.41) is 20.8. The van der Waals surface area contributed by atoms with Crippen molar-refractivity contribution in [2.24, 2.45) is 5.41 Å². The molecule has 5 aromatic rings. The molecule has 230 valence electrons. The van der Waals surface area contributed by atoms with Gasteiger partial charge in [0.1, 0.15) is 41.1 Å². The molecule has 3 heterocycles. The summed E-state index contributed by atoms with van der Waals surface area (Å²) in [5.74, 6) is -2.04. The first-order valence-electron chi connectivity index (χ1n) is 14.3. The fourth-order valence-electron chi connectivity index (χ4n) is 5.20. The van der Waals surface area contributed by atoms with Crippen molar-refractivity contribution >= 4 is 17.1 Å². The number of carbonyl (C=O) groups is 1. The third kappa shape index (κ3) is 6.08. The molecule has 1 saturated carbocycles. The number of imidazole rings is 1. The SMILES string of the molecule is CNC(=O)c1ccc2nc(Cc3cc(F)c(-c4ccnc(OCc5ccc(C#N)cc5F)n4)cc3F)n(CC3(CC#N)CC3)c2n1. The average molecular weight is 623 g/mol. The molecule has 1 aliphatic carbocycles. The first kappa shape index (κ1) is 30.2. The predicted octanol–water partition coefficient (Wildman–Crippen LogP) is 5.40. The van der Waals surface area contributed by atoms with Gasteiger partial charge in [0.2, 0.25) is 0 Å². The number of rotatable bonds is 10. The first-order chi connectivity index (χ1) is 22.2. The van der Waals surface area contributed by atoms with Crippen molar-refractivity contribution in [1.82, 2.24) is 29.8 Å². The second-order valence-electron chi connectivity index (χ2n) is 11.1. The van der Waals surface area contributed by atoms with E-state index in [0.717, 1.165) is 31.0 Å². The molecule has 0 radical (unpaired) electrons. The fourth-order valence-corrected chi connectivity index (χ4v) is 5.20. The third-order valence-corrected chi connectivity index (χ3v) is 7.97. The van der Waals surface area contributed by atoms with Crippen LogP contribution in [-0.4, -0.2) is 37.5 Å². The number of amides is 1. The maximum atomic E-state index is 15.6. The Morgan fingerprint density at radius 3 is 2.52 bits per heavy atom. The lowest BCUT2D eigenvalue weighted by Crippen LogP contribution is -2.20. The van der Waals surface area contributed by atoms with Crippen LogP contribution in [0.15, 0.2) is 54.7 Å². The third-order valence-electron chi connectivity index (χ3n) is 7.97. The highest BCUT2D eigenvalue weighted by Gasteiger charge is 2.43. The van der Waals surface area contributed by atoms with Crippen LogP contribution in [0.2, 0.25) is 0 Å². The summed E-state index contributed by atoms with van der Waals surface area (Å²) in [6, 6.07) is 14.5. The Labute approximate surface area is 261 Å². The Morgan fingerprint density at radius 1 is 1.00 bits per heavy atom. The van der Waals surface area contributed by atoms with Crippen LogP contribution in [0.3, 0.4) is 0 Å². The Morgan fingerprint density at radius 2 is 1.80 bits per heavy atom. The molecule has 1 amide bonds. The van der Waals surface area contributed by atoms with E-state index in [-0.39, 0.29) is 64.0 Å². The molecule has 0 aliphatic heterocycles. The molecule has 1 aliphatic rings. The van der Waals surface area contributed by atoms with E-state index >= 15 is 8.78 Å². The zero-order valence-corrected chi connectivity index (χ0v) is 24.5. The normalized spacial score (nSPS) is 13.2. The minimum atomic E-state index is -0.745. The maximum Gasteiger partial charge on any atom is 0.317 e. The van der Waals surface area contributed by atoms with Crippen LogP contribution in [0.4, 0.5) is 13.2 Å². The molecule has 0 atom stereocenters. The lowest BCUT2D eigenvalue weighted by Gasteiger charge is -2.16. The number of aromatic nitrogens is 5. The van der Waals surface area contributed by atoms with Crippen LogP contribution >= 0.6 is 0 Å². The number of nitriles is 2. The molecule has 13 heteroatoms. The van der Waals surface area contributed by atoms with E-state index in [2.05, 4.69) is 31.3 Å². The number of halogens is 3. The van der Waals surface area contributed by atoms with Crippen molar-refractivity contribution in [1.29, 1.82) is 10.5 Å². The van der Waals surface area contributed by atoms with E-state index in [9.17, 15) is 14.4 Å². The summed E-state index contributed by atoms with van der Waals surface area (Å²) < 4.78 is 52.7. The molecule has 0 unspecified atom stereocenters. The van der Waals surface area contributed by atoms with E-state index in [0.29, 0.717) is 30.0 Å². The van der Waals surface area contributed by atoms with Gasteiger partial charge in [-0.25, -0.2) is 28.1 Å². The number of ether oxygens (including phenoxy) is 1. The molecule has 0 spiro atoms. The summed E-state index contributed by atoms with van der Waals surface area (Å²) in [7, 11) is 1.50. The van der Waals surface area contributed by atoms with Crippen LogP contribution in [-0.2, 0) is 19.6 Å². The summed E-state index contributed by atoms with van der Waals surface area (Å²) in [5.41, 5.74) is 1.12. The number of nitrogens with one attached hydrogen (secondary N) is 1. The Hall–Kier alpha value is -5.82. The monoisotopic (exact) mass is 622 g/mol. The molecular formula is C33H25F3N8O2. The van der Waals surface area contributed by atoms with Crippen LogP contribution in [0.1, 0.15) is 52.3 Å². The van der Waals surface area contributed by atoms with Crippen LogP contribution in [0.5, 0.6) is 6.01 Å². The van der Waals surface area contributed by atoms with E-state index in [1.165, 1.54) is 31.4 Å². The quantitative estimate of drug-likeness (QED) is 0.218. The first-order valence-corrected chi connectivity index (χ1v) is 14.3. The van der Waals surface area contributed by atoms with E-state index in [1.54, 1.807) is 16.7 Å². The largest absolute Gasteiger partial charge is 0.458 e. The van der Waals surface area contributed by atoms with Gasteiger partial charge in [-0.05, 0) is 60.9 Å². The summed E-state index contributed by atoms with van der Waals surface area (Å²) in [4.78, 5) is 29.6. The number of hydrogen-bond donors (Lipinski definition) is 1. The maximum absolute atomic E-state index is 15.6. The van der Waals surface area contributed by atoms with Crippen LogP contribution in [0, 0.1) is 45.5 Å². The van der Waals surface area contributed by atoms with Crippen molar-refractivity contribution in [2.75, 3.05) is 7.05 Å². The van der Waals surface area contributed by atoms with Crippen molar-refractivity contribution in [2.45, 2.75) is 38.8 Å². The number of pyridine rings is 1. The van der Waals surface area contributed by atoms with E-state index < -0.39 is 17.5 Å². The molecule has 2 aromatic carbocycles. The van der Waals surface area contributed by atoms with Gasteiger partial charge in [-0.15, -0.1) is 0 Å². The Bertz CT molecular complexity index is 2080. The minimum absolute atomic E-state index is 0.0382. The highest BCUT2D eigenvalue weighted by Crippen LogP contribution is 2.50. The minimum Gasteiger partial charge on any atom is -0.458 e. The molecule has 6 rings (SSSR count). The Kier molecular flexibility index (Phi) is 8.07. The van der Waals surface area contributed by atoms with Crippen molar-refractivity contribution in [3.05, 3.63) is 100 Å². The molecule has 1 fully saturated rings. The number of hydrogen-bond acceptors (Lipinski definition) is 8. The lowest BCUT2D eigenvalue weighted by atomic mass is 10.0. The summed E-state index contributed by atoms with van der Waals surface area (Å²) in [6.07, 6.45) is 3.23. The number of carbonyl (C=O) groups excluding carboxylic acids is 1. The van der Waals surface area contributed by atoms with Gasteiger partial charge in [0.15, 0.2) is 5.65 Å². The van der Waals surface area contributed by atoms with Gasteiger partial charge in [0.05, 0.1) is 23.4 Å².